The third kappa shape index (κ3) is 4.21. The maximum absolute atomic E-state index is 12.4. The Bertz CT molecular complexity index is 934. The Kier molecular flexibility index (Phi) is 5.45. The monoisotopic (exact) mass is 433 g/mol. The minimum absolute atomic E-state index is 0.0306. The molecule has 0 aromatic heterocycles. The number of halogens is 2. The lowest BCUT2D eigenvalue weighted by molar-refractivity contribution is 0.0688. The molecule has 2 aromatic rings. The van der Waals surface area contributed by atoms with Crippen LogP contribution in [0.4, 0.5) is 0 Å². The van der Waals surface area contributed by atoms with Gasteiger partial charge in [0, 0.05) is 21.7 Å². The molecule has 0 spiro atoms. The summed E-state index contributed by atoms with van der Waals surface area (Å²) in [6.07, 6.45) is 1.67. The number of fused-ring (bicyclic) bond motifs is 1. The quantitative estimate of drug-likeness (QED) is 0.677. The lowest BCUT2D eigenvalue weighted by Gasteiger charge is -2.21. The normalized spacial score (nSPS) is 25.8. The molecule has 0 aliphatic heterocycles. The molecule has 2 aliphatic rings. The van der Waals surface area contributed by atoms with E-state index in [0.29, 0.717) is 39.1 Å². The first-order chi connectivity index (χ1) is 13.8. The number of aromatic carboxylic acids is 1. The van der Waals surface area contributed by atoms with E-state index < -0.39 is 5.97 Å². The van der Waals surface area contributed by atoms with Crippen molar-refractivity contribution in [3.63, 3.8) is 0 Å². The Hall–Kier alpha value is -2.24. The van der Waals surface area contributed by atoms with Gasteiger partial charge >= 0.3 is 5.97 Å². The fraction of sp³-hybridized carbons (Fsp3) is 0.364. The molecule has 0 heterocycles. The van der Waals surface area contributed by atoms with E-state index >= 15 is 0 Å². The van der Waals surface area contributed by atoms with Gasteiger partial charge in [-0.1, -0.05) is 23.2 Å². The van der Waals surface area contributed by atoms with Gasteiger partial charge in [-0.2, -0.15) is 0 Å². The summed E-state index contributed by atoms with van der Waals surface area (Å²) in [7, 11) is 0. The number of carboxylic acid groups (broad SMARTS) is 1. The number of hydrogen-bond donors (Lipinski definition) is 2. The van der Waals surface area contributed by atoms with Gasteiger partial charge in [0.1, 0.15) is 11.3 Å². The van der Waals surface area contributed by atoms with Crippen molar-refractivity contribution in [3.8, 4) is 5.75 Å². The minimum Gasteiger partial charge on any atom is -0.489 e. The number of ether oxygens (including phenoxy) is 1. The lowest BCUT2D eigenvalue weighted by Crippen LogP contribution is -2.36. The third-order valence-corrected chi connectivity index (χ3v) is 6.47. The van der Waals surface area contributed by atoms with Crippen LogP contribution in [0.25, 0.3) is 0 Å². The molecule has 7 heteroatoms. The van der Waals surface area contributed by atoms with Crippen molar-refractivity contribution in [2.24, 2.45) is 17.8 Å². The van der Waals surface area contributed by atoms with E-state index in [-0.39, 0.29) is 23.6 Å². The van der Waals surface area contributed by atoms with Gasteiger partial charge in [-0.15, -0.1) is 0 Å². The predicted octanol–water partition coefficient (Wildman–Crippen LogP) is 4.91. The molecule has 3 atom stereocenters. The highest BCUT2D eigenvalue weighted by atomic mass is 35.5. The molecule has 4 rings (SSSR count). The Morgan fingerprint density at radius 1 is 1.07 bits per heavy atom. The summed E-state index contributed by atoms with van der Waals surface area (Å²) in [6, 6.07) is 11.5. The number of nitrogens with one attached hydrogen (secondary N) is 1. The summed E-state index contributed by atoms with van der Waals surface area (Å²) >= 11 is 11.9. The van der Waals surface area contributed by atoms with Crippen LogP contribution in [0.3, 0.4) is 0 Å². The van der Waals surface area contributed by atoms with Crippen molar-refractivity contribution in [2.45, 2.75) is 31.9 Å². The van der Waals surface area contributed by atoms with Crippen LogP contribution in [-0.2, 0) is 0 Å². The van der Waals surface area contributed by atoms with Crippen LogP contribution in [0, 0.1) is 17.8 Å². The first kappa shape index (κ1) is 20.0. The van der Waals surface area contributed by atoms with Crippen LogP contribution in [0.15, 0.2) is 42.5 Å². The van der Waals surface area contributed by atoms with Crippen molar-refractivity contribution >= 4 is 35.1 Å². The number of benzene rings is 2. The average Bonchev–Trinajstić information content (AvgIpc) is 3.18. The van der Waals surface area contributed by atoms with E-state index in [0.717, 1.165) is 12.8 Å². The van der Waals surface area contributed by atoms with Crippen molar-refractivity contribution in [1.82, 2.24) is 5.32 Å². The van der Waals surface area contributed by atoms with E-state index in [1.54, 1.807) is 36.4 Å². The molecule has 0 radical (unpaired) electrons. The maximum Gasteiger partial charge on any atom is 0.339 e. The number of carbonyl (C=O) groups excluding carboxylic acids is 1. The van der Waals surface area contributed by atoms with Gasteiger partial charge in [-0.05, 0) is 80.0 Å². The molecule has 2 unspecified atom stereocenters. The smallest absolute Gasteiger partial charge is 0.339 e. The van der Waals surface area contributed by atoms with Crippen LogP contribution in [0.1, 0.15) is 40.5 Å². The second-order valence-corrected chi connectivity index (χ2v) is 8.70. The zero-order chi connectivity index (χ0) is 20.7. The van der Waals surface area contributed by atoms with Crippen molar-refractivity contribution in [3.05, 3.63) is 63.6 Å². The maximum atomic E-state index is 12.4. The minimum atomic E-state index is -1.03. The van der Waals surface area contributed by atoms with E-state index in [9.17, 15) is 14.7 Å². The van der Waals surface area contributed by atoms with Crippen LogP contribution >= 0.6 is 23.2 Å². The van der Waals surface area contributed by atoms with Crippen molar-refractivity contribution < 1.29 is 19.4 Å². The Labute approximate surface area is 179 Å². The molecule has 152 valence electrons. The Morgan fingerprint density at radius 2 is 1.69 bits per heavy atom. The lowest BCUT2D eigenvalue weighted by atomic mass is 10.0. The molecule has 5 nitrogen and oxygen atoms in total. The standard InChI is InChI=1S/C22H21Cl2NO4/c1-11(25-21(26)12-2-4-13(23)5-3-12)20-17-9-15(10-18(17)20)29-19-8-14(24)6-7-16(19)22(27)28/h2-8,11,15,17-18,20H,9-10H2,1H3,(H,25,26)(H,27,28)/t11-,15?,17?,18?,20?/m1/s1. The van der Waals surface area contributed by atoms with Crippen molar-refractivity contribution in [1.29, 1.82) is 0 Å². The molecule has 1 amide bonds. The molecule has 2 aliphatic carbocycles. The average molecular weight is 434 g/mol. The van der Waals surface area contributed by atoms with E-state index in [2.05, 4.69) is 5.32 Å². The van der Waals surface area contributed by atoms with Gasteiger partial charge in [-0.25, -0.2) is 4.79 Å². The molecule has 2 N–H and O–H groups in total. The molecular formula is C22H21Cl2NO4. The largest absolute Gasteiger partial charge is 0.489 e. The van der Waals surface area contributed by atoms with Crippen LogP contribution in [-0.4, -0.2) is 29.1 Å². The SMILES string of the molecule is C[C@@H](NC(=O)c1ccc(Cl)cc1)C1C2CC(Oc3cc(Cl)ccc3C(=O)O)CC21. The first-order valence-corrected chi connectivity index (χ1v) is 10.3. The number of carboxylic acids is 1. The molecule has 0 saturated heterocycles. The van der Waals surface area contributed by atoms with E-state index in [1.807, 2.05) is 6.92 Å². The molecular weight excluding hydrogens is 413 g/mol. The summed E-state index contributed by atoms with van der Waals surface area (Å²) in [4.78, 5) is 23.8. The second kappa shape index (κ2) is 7.88. The molecule has 2 saturated carbocycles. The van der Waals surface area contributed by atoms with Crippen molar-refractivity contribution in [2.75, 3.05) is 0 Å². The van der Waals surface area contributed by atoms with Gasteiger partial charge in [0.05, 0.1) is 6.10 Å². The number of hydrogen-bond acceptors (Lipinski definition) is 3. The molecule has 0 bridgehead atoms. The van der Waals surface area contributed by atoms with Crippen LogP contribution in [0.2, 0.25) is 10.0 Å². The highest BCUT2D eigenvalue weighted by Gasteiger charge is 2.58. The molecule has 2 aromatic carbocycles. The van der Waals surface area contributed by atoms with Crippen LogP contribution in [0.5, 0.6) is 5.75 Å². The highest BCUT2D eigenvalue weighted by molar-refractivity contribution is 6.31. The zero-order valence-electron chi connectivity index (χ0n) is 15.8. The summed E-state index contributed by atoms with van der Waals surface area (Å²) in [6.45, 7) is 2.03. The fourth-order valence-electron chi connectivity index (χ4n) is 4.62. The Morgan fingerprint density at radius 3 is 2.31 bits per heavy atom. The van der Waals surface area contributed by atoms with Gasteiger partial charge in [0.2, 0.25) is 0 Å². The van der Waals surface area contributed by atoms with Crippen LogP contribution < -0.4 is 10.1 Å². The topological polar surface area (TPSA) is 75.6 Å². The first-order valence-electron chi connectivity index (χ1n) is 9.59. The highest BCUT2D eigenvalue weighted by Crippen LogP contribution is 2.59. The summed E-state index contributed by atoms with van der Waals surface area (Å²) < 4.78 is 5.97. The third-order valence-electron chi connectivity index (χ3n) is 5.98. The predicted molar refractivity (Wildman–Crippen MR) is 111 cm³/mol. The fourth-order valence-corrected chi connectivity index (χ4v) is 4.91. The molecule has 2 fully saturated rings. The van der Waals surface area contributed by atoms with Gasteiger partial charge in [-0.3, -0.25) is 4.79 Å². The van der Waals surface area contributed by atoms with E-state index in [4.69, 9.17) is 27.9 Å². The molecule has 29 heavy (non-hydrogen) atoms. The second-order valence-electron chi connectivity index (χ2n) is 7.83. The number of carbonyl (C=O) groups is 2. The number of amides is 1. The van der Waals surface area contributed by atoms with Gasteiger partial charge < -0.3 is 15.2 Å². The van der Waals surface area contributed by atoms with Gasteiger partial charge in [0.25, 0.3) is 5.91 Å². The van der Waals surface area contributed by atoms with E-state index in [1.165, 1.54) is 6.07 Å². The van der Waals surface area contributed by atoms with Gasteiger partial charge in [0.15, 0.2) is 0 Å². The zero-order valence-corrected chi connectivity index (χ0v) is 17.3. The summed E-state index contributed by atoms with van der Waals surface area (Å²) in [5.41, 5.74) is 0.713. The summed E-state index contributed by atoms with van der Waals surface area (Å²) in [5.74, 6) is 0.565. The number of rotatable bonds is 6. The summed E-state index contributed by atoms with van der Waals surface area (Å²) in [5, 5.41) is 13.5. The Balaban J connectivity index is 1.32.